The first-order valence-corrected chi connectivity index (χ1v) is 9.48. The summed E-state index contributed by atoms with van der Waals surface area (Å²) in [5, 5.41) is 0. The van der Waals surface area contributed by atoms with Gasteiger partial charge in [-0.05, 0) is 44.1 Å². The van der Waals surface area contributed by atoms with E-state index in [0.29, 0.717) is 25.9 Å². The zero-order valence-electron chi connectivity index (χ0n) is 16.8. The fraction of sp³-hybridized carbons (Fsp3) is 0.450. The molecule has 10 nitrogen and oxygen atoms in total. The summed E-state index contributed by atoms with van der Waals surface area (Å²) in [4.78, 5) is 63.9. The lowest BCUT2D eigenvalue weighted by Gasteiger charge is -2.33. The second kappa shape index (κ2) is 8.62. The number of piperidine rings is 1. The van der Waals surface area contributed by atoms with Crippen LogP contribution in [0.2, 0.25) is 0 Å². The Kier molecular flexibility index (Phi) is 6.16. The highest BCUT2D eigenvalue weighted by Gasteiger charge is 2.44. The van der Waals surface area contributed by atoms with Gasteiger partial charge in [0.15, 0.2) is 0 Å². The standard InChI is InChI=1S/C20H23N3O7/c1-29-19(27)12-7-13(20(28)30-2)9-14(8-12)23-16(24)10-15(18(23)26)22-5-3-11(4-6-22)17(21)25/h7-9,11,15H,3-6,10H2,1-2H3,(H2,21,25). The van der Waals surface area contributed by atoms with E-state index in [0.717, 1.165) is 4.90 Å². The van der Waals surface area contributed by atoms with E-state index >= 15 is 0 Å². The minimum atomic E-state index is -0.717. The molecule has 2 heterocycles. The van der Waals surface area contributed by atoms with E-state index in [1.807, 2.05) is 4.90 Å². The first-order chi connectivity index (χ1) is 14.3. The predicted octanol–water partition coefficient (Wildman–Crippen LogP) is 0.0890. The molecule has 3 amide bonds. The van der Waals surface area contributed by atoms with Crippen LogP contribution in [0, 0.1) is 5.92 Å². The topological polar surface area (TPSA) is 136 Å². The molecular formula is C20H23N3O7. The second-order valence-corrected chi connectivity index (χ2v) is 7.25. The van der Waals surface area contributed by atoms with Crippen molar-refractivity contribution in [2.24, 2.45) is 11.7 Å². The molecule has 2 fully saturated rings. The SMILES string of the molecule is COC(=O)c1cc(C(=O)OC)cc(N2C(=O)CC(N3CCC(C(N)=O)CC3)C2=O)c1. The predicted molar refractivity (Wildman–Crippen MR) is 104 cm³/mol. The summed E-state index contributed by atoms with van der Waals surface area (Å²) in [6.45, 7) is 0.946. The number of amides is 3. The Balaban J connectivity index is 1.88. The number of rotatable bonds is 5. The van der Waals surface area contributed by atoms with Crippen molar-refractivity contribution in [1.82, 2.24) is 4.90 Å². The summed E-state index contributed by atoms with van der Waals surface area (Å²) in [5.74, 6) is -2.92. The van der Waals surface area contributed by atoms with Crippen LogP contribution in [0.4, 0.5) is 5.69 Å². The molecule has 0 spiro atoms. The number of methoxy groups -OCH3 is 2. The van der Waals surface area contributed by atoms with Crippen molar-refractivity contribution in [1.29, 1.82) is 0 Å². The van der Waals surface area contributed by atoms with E-state index in [4.69, 9.17) is 15.2 Å². The molecule has 0 aromatic heterocycles. The maximum Gasteiger partial charge on any atom is 0.337 e. The fourth-order valence-electron chi connectivity index (χ4n) is 3.88. The van der Waals surface area contributed by atoms with E-state index in [-0.39, 0.29) is 35.1 Å². The number of nitrogens with two attached hydrogens (primary N) is 1. The van der Waals surface area contributed by atoms with E-state index in [1.54, 1.807) is 0 Å². The highest BCUT2D eigenvalue weighted by Crippen LogP contribution is 2.30. The Bertz CT molecular complexity index is 871. The third-order valence-electron chi connectivity index (χ3n) is 5.51. The number of hydrogen-bond donors (Lipinski definition) is 1. The molecule has 3 rings (SSSR count). The zero-order valence-corrected chi connectivity index (χ0v) is 16.8. The molecule has 10 heteroatoms. The number of carbonyl (C=O) groups excluding carboxylic acids is 5. The minimum absolute atomic E-state index is 0.0155. The third kappa shape index (κ3) is 4.04. The minimum Gasteiger partial charge on any atom is -0.465 e. The first kappa shape index (κ1) is 21.4. The average Bonchev–Trinajstić information content (AvgIpc) is 3.06. The van der Waals surface area contributed by atoms with Crippen molar-refractivity contribution in [3.8, 4) is 0 Å². The number of imide groups is 1. The number of anilines is 1. The maximum absolute atomic E-state index is 13.1. The number of primary amides is 1. The Morgan fingerprint density at radius 3 is 1.97 bits per heavy atom. The Morgan fingerprint density at radius 1 is 0.967 bits per heavy atom. The molecule has 30 heavy (non-hydrogen) atoms. The Morgan fingerprint density at radius 2 is 1.50 bits per heavy atom. The number of nitrogens with zero attached hydrogens (tertiary/aromatic N) is 2. The smallest absolute Gasteiger partial charge is 0.337 e. The summed E-state index contributed by atoms with van der Waals surface area (Å²) in [7, 11) is 2.37. The number of hydrogen-bond acceptors (Lipinski definition) is 8. The van der Waals surface area contributed by atoms with Gasteiger partial charge in [0.25, 0.3) is 5.91 Å². The highest BCUT2D eigenvalue weighted by atomic mass is 16.5. The van der Waals surface area contributed by atoms with Crippen LogP contribution >= 0.6 is 0 Å². The van der Waals surface area contributed by atoms with Gasteiger partial charge in [-0.2, -0.15) is 0 Å². The van der Waals surface area contributed by atoms with Gasteiger partial charge in [-0.1, -0.05) is 0 Å². The largest absolute Gasteiger partial charge is 0.465 e. The van der Waals surface area contributed by atoms with Crippen LogP contribution in [-0.4, -0.2) is 67.9 Å². The van der Waals surface area contributed by atoms with E-state index in [9.17, 15) is 24.0 Å². The van der Waals surface area contributed by atoms with Gasteiger partial charge in [0, 0.05) is 5.92 Å². The van der Waals surface area contributed by atoms with E-state index < -0.39 is 29.8 Å². The van der Waals surface area contributed by atoms with E-state index in [2.05, 4.69) is 0 Å². The van der Waals surface area contributed by atoms with Crippen LogP contribution in [-0.2, 0) is 23.9 Å². The monoisotopic (exact) mass is 417 g/mol. The maximum atomic E-state index is 13.1. The van der Waals surface area contributed by atoms with Gasteiger partial charge < -0.3 is 15.2 Å². The van der Waals surface area contributed by atoms with Gasteiger partial charge in [0.05, 0.1) is 43.5 Å². The highest BCUT2D eigenvalue weighted by molar-refractivity contribution is 6.23. The fourth-order valence-corrected chi connectivity index (χ4v) is 3.88. The zero-order chi connectivity index (χ0) is 22.0. The molecule has 160 valence electrons. The van der Waals surface area contributed by atoms with Crippen molar-refractivity contribution in [2.75, 3.05) is 32.2 Å². The number of benzene rings is 1. The lowest BCUT2D eigenvalue weighted by atomic mass is 9.95. The van der Waals surface area contributed by atoms with Crippen LogP contribution in [0.25, 0.3) is 0 Å². The van der Waals surface area contributed by atoms with Crippen molar-refractivity contribution in [2.45, 2.75) is 25.3 Å². The van der Waals surface area contributed by atoms with Gasteiger partial charge in [-0.25, -0.2) is 14.5 Å². The number of esters is 2. The third-order valence-corrected chi connectivity index (χ3v) is 5.51. The molecule has 1 aromatic rings. The summed E-state index contributed by atoms with van der Waals surface area (Å²) in [5.41, 5.74) is 5.48. The first-order valence-electron chi connectivity index (χ1n) is 9.48. The van der Waals surface area contributed by atoms with Crippen LogP contribution in [0.5, 0.6) is 0 Å². The van der Waals surface area contributed by atoms with Crippen molar-refractivity contribution < 1.29 is 33.4 Å². The van der Waals surface area contributed by atoms with Gasteiger partial charge in [-0.15, -0.1) is 0 Å². The number of ether oxygens (including phenoxy) is 2. The quantitative estimate of drug-likeness (QED) is 0.526. The second-order valence-electron chi connectivity index (χ2n) is 7.25. The summed E-state index contributed by atoms with van der Waals surface area (Å²) in [6.07, 6.45) is 1.02. The molecule has 0 bridgehead atoms. The lowest BCUT2D eigenvalue weighted by Crippen LogP contribution is -2.47. The molecule has 2 saturated heterocycles. The molecule has 2 aliphatic heterocycles. The molecule has 2 aliphatic rings. The average molecular weight is 417 g/mol. The molecule has 2 N–H and O–H groups in total. The molecule has 0 radical (unpaired) electrons. The van der Waals surface area contributed by atoms with Gasteiger partial charge >= 0.3 is 11.9 Å². The van der Waals surface area contributed by atoms with Crippen LogP contribution in [0.1, 0.15) is 40.0 Å². The normalized spacial score (nSPS) is 20.3. The number of likely N-dealkylation sites (tertiary alicyclic amines) is 1. The Hall–Kier alpha value is -3.27. The molecule has 1 unspecified atom stereocenters. The molecular weight excluding hydrogens is 394 g/mol. The van der Waals surface area contributed by atoms with Gasteiger partial charge in [0.2, 0.25) is 11.8 Å². The van der Waals surface area contributed by atoms with Crippen LogP contribution in [0.15, 0.2) is 18.2 Å². The Labute approximate surface area is 172 Å². The van der Waals surface area contributed by atoms with Crippen molar-refractivity contribution >= 4 is 35.3 Å². The molecule has 0 aliphatic carbocycles. The summed E-state index contributed by atoms with van der Waals surface area (Å²) >= 11 is 0. The number of carbonyl (C=O) groups is 5. The molecule has 1 atom stereocenters. The van der Waals surface area contributed by atoms with Gasteiger partial charge in [-0.3, -0.25) is 19.3 Å². The van der Waals surface area contributed by atoms with Crippen LogP contribution in [0.3, 0.4) is 0 Å². The van der Waals surface area contributed by atoms with Crippen molar-refractivity contribution in [3.63, 3.8) is 0 Å². The molecule has 1 aromatic carbocycles. The summed E-state index contributed by atoms with van der Waals surface area (Å²) in [6, 6.07) is 3.26. The van der Waals surface area contributed by atoms with Crippen molar-refractivity contribution in [3.05, 3.63) is 29.3 Å². The summed E-state index contributed by atoms with van der Waals surface area (Å²) < 4.78 is 9.39. The molecule has 0 saturated carbocycles. The lowest BCUT2D eigenvalue weighted by molar-refractivity contribution is -0.124. The van der Waals surface area contributed by atoms with Crippen LogP contribution < -0.4 is 10.6 Å². The van der Waals surface area contributed by atoms with Gasteiger partial charge in [0.1, 0.15) is 0 Å². The van der Waals surface area contributed by atoms with E-state index in [1.165, 1.54) is 32.4 Å².